The number of aliphatic hydroxyl groups excluding tert-OH is 1. The first kappa shape index (κ1) is 16.2. The van der Waals surface area contributed by atoms with Gasteiger partial charge in [-0.3, -0.25) is 0 Å². The van der Waals surface area contributed by atoms with Gasteiger partial charge in [-0.1, -0.05) is 54.6 Å². The molecule has 26 heavy (non-hydrogen) atoms. The van der Waals surface area contributed by atoms with Crippen LogP contribution < -0.4 is 0 Å². The molecule has 0 amide bonds. The largest absolute Gasteiger partial charge is 0.464 e. The molecule has 2 heterocycles. The summed E-state index contributed by atoms with van der Waals surface area (Å²) in [6.07, 6.45) is 5.16. The summed E-state index contributed by atoms with van der Waals surface area (Å²) < 4.78 is 10.9. The summed E-state index contributed by atoms with van der Waals surface area (Å²) in [4.78, 5) is 0. The lowest BCUT2D eigenvalue weighted by molar-refractivity contribution is 0.343. The van der Waals surface area contributed by atoms with E-state index >= 15 is 0 Å². The topological polar surface area (TPSA) is 46.5 Å². The molecule has 0 saturated heterocycles. The van der Waals surface area contributed by atoms with Crippen LogP contribution in [0.5, 0.6) is 0 Å². The van der Waals surface area contributed by atoms with Gasteiger partial charge in [0.15, 0.2) is 0 Å². The van der Waals surface area contributed by atoms with Crippen molar-refractivity contribution in [2.75, 3.05) is 6.61 Å². The van der Waals surface area contributed by atoms with Gasteiger partial charge in [0.25, 0.3) is 0 Å². The van der Waals surface area contributed by atoms with E-state index in [1.54, 1.807) is 12.5 Å². The van der Waals surface area contributed by atoms with Gasteiger partial charge in [0.1, 0.15) is 11.5 Å². The van der Waals surface area contributed by atoms with E-state index in [1.807, 2.05) is 78.9 Å². The molecule has 0 spiro atoms. The van der Waals surface area contributed by atoms with Crippen molar-refractivity contribution in [3.8, 4) is 22.6 Å². The number of benzene rings is 2. The number of hydrogen-bond donors (Lipinski definition) is 1. The monoisotopic (exact) mass is 342 g/mol. The van der Waals surface area contributed by atoms with Crippen molar-refractivity contribution in [1.29, 1.82) is 0 Å². The minimum atomic E-state index is -0.0186. The van der Waals surface area contributed by atoms with Gasteiger partial charge in [-0.05, 0) is 41.0 Å². The summed E-state index contributed by atoms with van der Waals surface area (Å²) in [5.41, 5.74) is 5.12. The molecule has 2 aromatic carbocycles. The third-order valence-corrected chi connectivity index (χ3v) is 4.30. The highest BCUT2D eigenvalue weighted by Gasteiger charge is 2.08. The molecule has 0 bridgehead atoms. The fourth-order valence-electron chi connectivity index (χ4n) is 3.01. The zero-order valence-electron chi connectivity index (χ0n) is 14.1. The van der Waals surface area contributed by atoms with Crippen molar-refractivity contribution < 1.29 is 13.9 Å². The van der Waals surface area contributed by atoms with Crippen LogP contribution in [0, 0.1) is 0 Å². The molecule has 2 aromatic heterocycles. The van der Waals surface area contributed by atoms with Gasteiger partial charge in [-0.2, -0.15) is 0 Å². The summed E-state index contributed by atoms with van der Waals surface area (Å²) in [5, 5.41) is 9.46. The van der Waals surface area contributed by atoms with E-state index in [-0.39, 0.29) is 6.61 Å². The fourth-order valence-corrected chi connectivity index (χ4v) is 3.01. The highest BCUT2D eigenvalue weighted by molar-refractivity contribution is 5.81. The Kier molecular flexibility index (Phi) is 4.54. The molecule has 128 valence electrons. The SMILES string of the molecule is OCC=C(c1ccc(-c2ccco2)cc1)c1ccc(-c2ccco2)cc1. The quantitative estimate of drug-likeness (QED) is 0.511. The predicted octanol–water partition coefficient (Wildman–Crippen LogP) is 5.63. The summed E-state index contributed by atoms with van der Waals surface area (Å²) in [6, 6.07) is 23.9. The van der Waals surface area contributed by atoms with Crippen LogP contribution in [0.1, 0.15) is 11.1 Å². The molecule has 0 radical (unpaired) electrons. The zero-order chi connectivity index (χ0) is 17.8. The average Bonchev–Trinajstić information content (AvgIpc) is 3.40. The van der Waals surface area contributed by atoms with Gasteiger partial charge in [0, 0.05) is 11.1 Å². The molecule has 4 rings (SSSR count). The van der Waals surface area contributed by atoms with Crippen molar-refractivity contribution in [1.82, 2.24) is 0 Å². The molecule has 0 fully saturated rings. The van der Waals surface area contributed by atoms with Crippen molar-refractivity contribution in [2.45, 2.75) is 0 Å². The Labute approximate surface area is 151 Å². The fraction of sp³-hybridized carbons (Fsp3) is 0.0435. The first-order chi connectivity index (χ1) is 12.8. The highest BCUT2D eigenvalue weighted by Crippen LogP contribution is 2.29. The van der Waals surface area contributed by atoms with Gasteiger partial charge >= 0.3 is 0 Å². The smallest absolute Gasteiger partial charge is 0.133 e. The molecule has 3 heteroatoms. The van der Waals surface area contributed by atoms with E-state index in [1.165, 1.54) is 0 Å². The first-order valence-electron chi connectivity index (χ1n) is 8.45. The van der Waals surface area contributed by atoms with Crippen LogP contribution in [0.25, 0.3) is 28.2 Å². The van der Waals surface area contributed by atoms with Crippen LogP contribution in [-0.2, 0) is 0 Å². The molecule has 0 unspecified atom stereocenters. The summed E-state index contributed by atoms with van der Waals surface area (Å²) in [5.74, 6) is 1.68. The number of hydrogen-bond acceptors (Lipinski definition) is 3. The molecule has 3 nitrogen and oxygen atoms in total. The Bertz CT molecular complexity index is 895. The predicted molar refractivity (Wildman–Crippen MR) is 102 cm³/mol. The molecule has 4 aromatic rings. The van der Waals surface area contributed by atoms with E-state index < -0.39 is 0 Å². The molecule has 0 aliphatic carbocycles. The molecule has 0 atom stereocenters. The molecule has 0 aliphatic rings. The Hall–Kier alpha value is -3.30. The maximum absolute atomic E-state index is 9.46. The lowest BCUT2D eigenvalue weighted by Crippen LogP contribution is -1.91. The summed E-state index contributed by atoms with van der Waals surface area (Å²) in [6.45, 7) is -0.0186. The minimum absolute atomic E-state index is 0.0186. The molecule has 1 N–H and O–H groups in total. The zero-order valence-corrected chi connectivity index (χ0v) is 14.1. The second-order valence-corrected chi connectivity index (χ2v) is 5.91. The lowest BCUT2D eigenvalue weighted by atomic mass is 9.95. The molecular weight excluding hydrogens is 324 g/mol. The maximum atomic E-state index is 9.46. The number of rotatable bonds is 5. The van der Waals surface area contributed by atoms with Crippen LogP contribution >= 0.6 is 0 Å². The highest BCUT2D eigenvalue weighted by atomic mass is 16.3. The van der Waals surface area contributed by atoms with Crippen LogP contribution in [0.3, 0.4) is 0 Å². The van der Waals surface area contributed by atoms with Crippen LogP contribution in [0.2, 0.25) is 0 Å². The lowest BCUT2D eigenvalue weighted by Gasteiger charge is -2.10. The Morgan fingerprint density at radius 3 is 1.50 bits per heavy atom. The number of aliphatic hydroxyl groups is 1. The normalized spacial score (nSPS) is 10.7. The standard InChI is InChI=1S/C23H18O3/c24-14-13-21(17-5-9-19(10-6-17)22-3-1-15-25-22)18-7-11-20(12-8-18)23-4-2-16-26-23/h1-13,15-16,24H,14H2. The summed E-state index contributed by atoms with van der Waals surface area (Å²) in [7, 11) is 0. The second kappa shape index (κ2) is 7.30. The van der Waals surface area contributed by atoms with E-state index in [9.17, 15) is 5.11 Å². The van der Waals surface area contributed by atoms with E-state index in [2.05, 4.69) is 0 Å². The summed E-state index contributed by atoms with van der Waals surface area (Å²) >= 11 is 0. The minimum Gasteiger partial charge on any atom is -0.464 e. The van der Waals surface area contributed by atoms with E-state index in [4.69, 9.17) is 8.83 Å². The van der Waals surface area contributed by atoms with Crippen LogP contribution in [0.15, 0.2) is 100 Å². The van der Waals surface area contributed by atoms with Gasteiger partial charge in [-0.25, -0.2) is 0 Å². The third kappa shape index (κ3) is 3.25. The van der Waals surface area contributed by atoms with Gasteiger partial charge in [0.05, 0.1) is 19.1 Å². The van der Waals surface area contributed by atoms with E-state index in [0.717, 1.165) is 39.3 Å². The van der Waals surface area contributed by atoms with E-state index in [0.29, 0.717) is 0 Å². The van der Waals surface area contributed by atoms with Crippen LogP contribution in [-0.4, -0.2) is 11.7 Å². The Morgan fingerprint density at radius 1 is 0.692 bits per heavy atom. The van der Waals surface area contributed by atoms with Crippen molar-refractivity contribution in [3.63, 3.8) is 0 Å². The van der Waals surface area contributed by atoms with Gasteiger partial charge in [-0.15, -0.1) is 0 Å². The van der Waals surface area contributed by atoms with Gasteiger partial charge in [0.2, 0.25) is 0 Å². The third-order valence-electron chi connectivity index (χ3n) is 4.30. The Morgan fingerprint density at radius 2 is 1.15 bits per heavy atom. The molecular formula is C23H18O3. The average molecular weight is 342 g/mol. The Balaban J connectivity index is 1.64. The van der Waals surface area contributed by atoms with Crippen molar-refractivity contribution in [2.24, 2.45) is 0 Å². The second-order valence-electron chi connectivity index (χ2n) is 5.91. The first-order valence-corrected chi connectivity index (χ1v) is 8.45. The molecule has 0 saturated carbocycles. The van der Waals surface area contributed by atoms with Crippen LogP contribution in [0.4, 0.5) is 0 Å². The van der Waals surface area contributed by atoms with Crippen molar-refractivity contribution >= 4 is 5.57 Å². The van der Waals surface area contributed by atoms with Crippen molar-refractivity contribution in [3.05, 3.63) is 103 Å². The maximum Gasteiger partial charge on any atom is 0.133 e. The number of furan rings is 2. The molecule has 0 aliphatic heterocycles. The van der Waals surface area contributed by atoms with Gasteiger partial charge < -0.3 is 13.9 Å².